The highest BCUT2D eigenvalue weighted by Crippen LogP contribution is 1.84. The van der Waals surface area contributed by atoms with Crippen LogP contribution in [0, 0.1) is 23.2 Å². The van der Waals surface area contributed by atoms with Crippen molar-refractivity contribution in [1.82, 2.24) is 0 Å². The fraction of sp³-hybridized carbons (Fsp3) is 0.750. The summed E-state index contributed by atoms with van der Waals surface area (Å²) in [6, 6.07) is 2.03. The maximum Gasteiger partial charge on any atom is 0.219 e. The lowest BCUT2D eigenvalue weighted by Crippen LogP contribution is -2.17. The number of primary amides is 1. The molecule has 0 unspecified atom stereocenters. The fourth-order valence-corrected chi connectivity index (χ4v) is 0. The molecule has 0 rings (SSSR count). The number of nitriles is 1. The molecule has 0 saturated carbocycles. The SMILES string of the molecule is CC(C)C#N.CC(C)C(N)=O. The van der Waals surface area contributed by atoms with Gasteiger partial charge in [-0.2, -0.15) is 5.26 Å². The van der Waals surface area contributed by atoms with Crippen LogP contribution in [0.15, 0.2) is 0 Å². The van der Waals surface area contributed by atoms with E-state index in [1.807, 2.05) is 19.9 Å². The molecule has 2 N–H and O–H groups in total. The summed E-state index contributed by atoms with van der Waals surface area (Å²) in [5.74, 6) is -0.0602. The van der Waals surface area contributed by atoms with E-state index in [0.29, 0.717) is 0 Å². The molecule has 3 heteroatoms. The molecule has 0 heterocycles. The molecule has 0 atom stereocenters. The van der Waals surface area contributed by atoms with Crippen LogP contribution in [0.1, 0.15) is 27.7 Å². The van der Waals surface area contributed by atoms with Crippen LogP contribution >= 0.6 is 0 Å². The van der Waals surface area contributed by atoms with Crippen LogP contribution in [0.25, 0.3) is 0 Å². The Morgan fingerprint density at radius 3 is 1.55 bits per heavy atom. The molecule has 0 aromatic rings. The third-order valence-corrected chi connectivity index (χ3v) is 0.827. The second-order valence-corrected chi connectivity index (χ2v) is 2.84. The second-order valence-electron chi connectivity index (χ2n) is 2.84. The van der Waals surface area contributed by atoms with Gasteiger partial charge in [0, 0.05) is 11.8 Å². The molecule has 11 heavy (non-hydrogen) atoms. The van der Waals surface area contributed by atoms with Crippen molar-refractivity contribution in [2.45, 2.75) is 27.7 Å². The van der Waals surface area contributed by atoms with Gasteiger partial charge in [-0.05, 0) is 13.8 Å². The van der Waals surface area contributed by atoms with Crippen LogP contribution in [0.5, 0.6) is 0 Å². The number of hydrogen-bond donors (Lipinski definition) is 1. The molecule has 0 aliphatic heterocycles. The van der Waals surface area contributed by atoms with E-state index in [4.69, 9.17) is 11.0 Å². The molecular formula is C8H16N2O. The largest absolute Gasteiger partial charge is 0.369 e. The summed E-state index contributed by atoms with van der Waals surface area (Å²) in [5, 5.41) is 7.89. The number of carbonyl (C=O) groups is 1. The summed E-state index contributed by atoms with van der Waals surface area (Å²) in [6.45, 7) is 7.25. The first kappa shape index (κ1) is 12.6. The van der Waals surface area contributed by atoms with Crippen molar-refractivity contribution >= 4 is 5.91 Å². The van der Waals surface area contributed by atoms with E-state index < -0.39 is 0 Å². The fourth-order valence-electron chi connectivity index (χ4n) is 0. The van der Waals surface area contributed by atoms with Crippen LogP contribution < -0.4 is 5.73 Å². The lowest BCUT2D eigenvalue weighted by molar-refractivity contribution is -0.120. The standard InChI is InChI=1S/C4H9NO.C4H7N/c1-3(2)4(5)6;1-4(2)3-5/h3H,1-2H3,(H2,5,6);4H,1-2H3. The minimum Gasteiger partial charge on any atom is -0.369 e. The normalized spacial score (nSPS) is 8.45. The molecule has 0 aliphatic rings. The first-order valence-electron chi connectivity index (χ1n) is 3.60. The van der Waals surface area contributed by atoms with Gasteiger partial charge in [0.05, 0.1) is 6.07 Å². The molecule has 0 aromatic carbocycles. The highest BCUT2D eigenvalue weighted by atomic mass is 16.1. The zero-order valence-electron chi connectivity index (χ0n) is 7.59. The van der Waals surface area contributed by atoms with E-state index in [9.17, 15) is 4.79 Å². The van der Waals surface area contributed by atoms with E-state index >= 15 is 0 Å². The van der Waals surface area contributed by atoms with E-state index in [0.717, 1.165) is 0 Å². The van der Waals surface area contributed by atoms with Crippen LogP contribution in [0.3, 0.4) is 0 Å². The molecule has 0 aliphatic carbocycles. The predicted octanol–water partition coefficient (Wildman–Crippen LogP) is 1.29. The molecule has 1 amide bonds. The van der Waals surface area contributed by atoms with E-state index in [1.54, 1.807) is 13.8 Å². The Kier molecular flexibility index (Phi) is 8.11. The van der Waals surface area contributed by atoms with Crippen molar-refractivity contribution in [2.24, 2.45) is 17.6 Å². The Morgan fingerprint density at radius 2 is 1.55 bits per heavy atom. The van der Waals surface area contributed by atoms with E-state index in [2.05, 4.69) is 0 Å². The number of rotatable bonds is 1. The first-order valence-corrected chi connectivity index (χ1v) is 3.60. The number of carbonyl (C=O) groups excluding carboxylic acids is 1. The van der Waals surface area contributed by atoms with Crippen LogP contribution in [-0.4, -0.2) is 5.91 Å². The summed E-state index contributed by atoms with van der Waals surface area (Å²) in [7, 11) is 0. The third-order valence-electron chi connectivity index (χ3n) is 0.827. The van der Waals surface area contributed by atoms with Crippen molar-refractivity contribution in [3.63, 3.8) is 0 Å². The topological polar surface area (TPSA) is 66.9 Å². The minimum atomic E-state index is -0.241. The zero-order chi connectivity index (χ0) is 9.44. The molecule has 0 saturated heterocycles. The van der Waals surface area contributed by atoms with Gasteiger partial charge in [-0.1, -0.05) is 13.8 Å². The van der Waals surface area contributed by atoms with Crippen LogP contribution in [0.4, 0.5) is 0 Å². The minimum absolute atomic E-state index is 0.00926. The highest BCUT2D eigenvalue weighted by Gasteiger charge is 1.96. The van der Waals surface area contributed by atoms with Crippen molar-refractivity contribution in [3.05, 3.63) is 0 Å². The summed E-state index contributed by atoms with van der Waals surface area (Å²) in [5.41, 5.74) is 4.80. The lowest BCUT2D eigenvalue weighted by Gasteiger charge is -1.90. The number of hydrogen-bond acceptors (Lipinski definition) is 2. The van der Waals surface area contributed by atoms with E-state index in [-0.39, 0.29) is 17.7 Å². The average Bonchev–Trinajstić information content (AvgIpc) is 1.89. The molecule has 0 radical (unpaired) electrons. The van der Waals surface area contributed by atoms with Gasteiger partial charge in [-0.15, -0.1) is 0 Å². The summed E-state index contributed by atoms with van der Waals surface area (Å²) >= 11 is 0. The quantitative estimate of drug-likeness (QED) is 0.621. The van der Waals surface area contributed by atoms with Crippen molar-refractivity contribution in [1.29, 1.82) is 5.26 Å². The van der Waals surface area contributed by atoms with Gasteiger partial charge in [0.2, 0.25) is 5.91 Å². The molecular weight excluding hydrogens is 140 g/mol. The van der Waals surface area contributed by atoms with Gasteiger partial charge in [0.15, 0.2) is 0 Å². The maximum absolute atomic E-state index is 9.92. The first-order chi connectivity index (χ1) is 4.91. The number of amides is 1. The summed E-state index contributed by atoms with van der Waals surface area (Å²) in [6.07, 6.45) is 0. The van der Waals surface area contributed by atoms with Gasteiger partial charge >= 0.3 is 0 Å². The Bertz CT molecular complexity index is 145. The lowest BCUT2D eigenvalue weighted by atomic mass is 10.2. The Balaban J connectivity index is 0. The molecule has 0 spiro atoms. The van der Waals surface area contributed by atoms with E-state index in [1.165, 1.54) is 0 Å². The van der Waals surface area contributed by atoms with Gasteiger partial charge in [0.25, 0.3) is 0 Å². The smallest absolute Gasteiger partial charge is 0.219 e. The summed E-state index contributed by atoms with van der Waals surface area (Å²) in [4.78, 5) is 9.92. The Morgan fingerprint density at radius 1 is 1.36 bits per heavy atom. The molecule has 0 aromatic heterocycles. The van der Waals surface area contributed by atoms with Crippen LogP contribution in [-0.2, 0) is 4.79 Å². The predicted molar refractivity (Wildman–Crippen MR) is 44.5 cm³/mol. The molecule has 0 bridgehead atoms. The molecule has 3 nitrogen and oxygen atoms in total. The highest BCUT2D eigenvalue weighted by molar-refractivity contribution is 5.75. The third kappa shape index (κ3) is 17.6. The Hall–Kier alpha value is -1.04. The van der Waals surface area contributed by atoms with Gasteiger partial charge in [-0.25, -0.2) is 0 Å². The Labute approximate surface area is 68.2 Å². The summed E-state index contributed by atoms with van der Waals surface area (Å²) < 4.78 is 0. The van der Waals surface area contributed by atoms with Crippen molar-refractivity contribution < 1.29 is 4.79 Å². The average molecular weight is 156 g/mol. The second kappa shape index (κ2) is 7.07. The van der Waals surface area contributed by atoms with Crippen molar-refractivity contribution in [3.8, 4) is 6.07 Å². The zero-order valence-corrected chi connectivity index (χ0v) is 7.59. The van der Waals surface area contributed by atoms with Crippen LogP contribution in [0.2, 0.25) is 0 Å². The van der Waals surface area contributed by atoms with Crippen molar-refractivity contribution in [2.75, 3.05) is 0 Å². The molecule has 0 fully saturated rings. The maximum atomic E-state index is 9.92. The number of nitrogens with zero attached hydrogens (tertiary/aromatic N) is 1. The van der Waals surface area contributed by atoms with Gasteiger partial charge < -0.3 is 5.73 Å². The number of nitrogens with two attached hydrogens (primary N) is 1. The molecule has 64 valence electrons. The van der Waals surface area contributed by atoms with Gasteiger partial charge in [0.1, 0.15) is 0 Å². The monoisotopic (exact) mass is 156 g/mol. The van der Waals surface area contributed by atoms with Gasteiger partial charge in [-0.3, -0.25) is 4.79 Å².